The Bertz CT molecular complexity index is 316. The molecule has 96 valence electrons. The van der Waals surface area contributed by atoms with E-state index in [1.807, 2.05) is 6.07 Å². The Morgan fingerprint density at radius 3 is 2.41 bits per heavy atom. The molecule has 17 heavy (non-hydrogen) atoms. The van der Waals surface area contributed by atoms with Crippen LogP contribution in [0.3, 0.4) is 0 Å². The second kappa shape index (κ2) is 9.51. The average molecular weight is 275 g/mol. The van der Waals surface area contributed by atoms with Crippen molar-refractivity contribution >= 4 is 30.9 Å². The molecular weight excluding hydrogens is 256 g/mol. The number of carbonyl (C=O) groups is 1. The summed E-state index contributed by atoms with van der Waals surface area (Å²) in [7, 11) is 0. The average Bonchev–Trinajstić information content (AvgIpc) is 2.34. The first-order chi connectivity index (χ1) is 7.75. The molecule has 0 bridgehead atoms. The summed E-state index contributed by atoms with van der Waals surface area (Å²) in [6.45, 7) is 0. The van der Waals surface area contributed by atoms with Gasteiger partial charge in [0.15, 0.2) is 5.78 Å². The number of aliphatic hydroxyl groups is 1. The van der Waals surface area contributed by atoms with Gasteiger partial charge in [-0.2, -0.15) is 13.5 Å². The number of rotatable bonds is 7. The fraction of sp³-hybridized carbons (Fsp3) is 0.462. The Morgan fingerprint density at radius 1 is 1.18 bits per heavy atom. The quantitative estimate of drug-likeness (QED) is 0.471. The van der Waals surface area contributed by atoms with Crippen molar-refractivity contribution in [3.8, 4) is 0 Å². The first kappa shape index (κ1) is 16.5. The van der Waals surface area contributed by atoms with Gasteiger partial charge < -0.3 is 5.11 Å². The van der Waals surface area contributed by atoms with Crippen LogP contribution in [0.2, 0.25) is 0 Å². The fourth-order valence-electron chi connectivity index (χ4n) is 1.53. The molecule has 1 atom stereocenters. The van der Waals surface area contributed by atoms with Crippen molar-refractivity contribution in [2.45, 2.75) is 31.8 Å². The number of carbonyl (C=O) groups excluding carboxylic acids is 1. The first-order valence-corrected chi connectivity index (χ1v) is 6.12. The molecule has 1 unspecified atom stereocenters. The van der Waals surface area contributed by atoms with Crippen molar-refractivity contribution in [1.29, 1.82) is 0 Å². The monoisotopic (exact) mass is 274 g/mol. The number of Topliss-reactive ketones (excluding diaryl/α,β-unsaturated/α-hetero) is 1. The maximum Gasteiger partial charge on any atom is 0.191 e. The molecular formula is C13H19ClO2S. The van der Waals surface area contributed by atoms with Crippen LogP contribution in [0.25, 0.3) is 0 Å². The van der Waals surface area contributed by atoms with E-state index in [-0.39, 0.29) is 19.3 Å². The van der Waals surface area contributed by atoms with E-state index in [1.165, 1.54) is 0 Å². The lowest BCUT2D eigenvalue weighted by atomic mass is 10.0. The predicted molar refractivity (Wildman–Crippen MR) is 76.3 cm³/mol. The van der Waals surface area contributed by atoms with Crippen molar-refractivity contribution in [1.82, 2.24) is 0 Å². The zero-order chi connectivity index (χ0) is 11.8. The highest BCUT2D eigenvalue weighted by atomic mass is 35.5. The summed E-state index contributed by atoms with van der Waals surface area (Å²) < 4.78 is 0. The Morgan fingerprint density at radius 2 is 1.82 bits per heavy atom. The van der Waals surface area contributed by atoms with Crippen LogP contribution in [0, 0.1) is 0 Å². The lowest BCUT2D eigenvalue weighted by Crippen LogP contribution is -2.20. The number of unbranched alkanes of at least 4 members (excludes halogenated alkanes) is 2. The van der Waals surface area contributed by atoms with Gasteiger partial charge in [-0.1, -0.05) is 43.2 Å². The number of aliphatic hydroxyl groups excluding tert-OH is 1. The lowest BCUT2D eigenvalue weighted by molar-refractivity contribution is 0.0725. The minimum atomic E-state index is -0.877. The minimum Gasteiger partial charge on any atom is -0.385 e. The molecule has 0 aliphatic heterocycles. The third-order valence-corrected chi connectivity index (χ3v) is 2.74. The number of halogens is 1. The van der Waals surface area contributed by atoms with E-state index in [2.05, 4.69) is 0 Å². The Hall–Kier alpha value is -0.510. The number of hydrogen-bond donors (Lipinski definition) is 1. The van der Waals surface area contributed by atoms with E-state index >= 15 is 0 Å². The molecule has 1 aromatic carbocycles. The van der Waals surface area contributed by atoms with Gasteiger partial charge in [0.2, 0.25) is 0 Å². The molecule has 0 heterocycles. The Kier molecular flexibility index (Phi) is 9.23. The van der Waals surface area contributed by atoms with E-state index in [4.69, 9.17) is 11.6 Å². The second-order valence-corrected chi connectivity index (χ2v) is 4.16. The van der Waals surface area contributed by atoms with Gasteiger partial charge in [0.25, 0.3) is 0 Å². The highest BCUT2D eigenvalue weighted by molar-refractivity contribution is 7.59. The summed E-state index contributed by atoms with van der Waals surface area (Å²) in [6, 6.07) is 8.90. The van der Waals surface area contributed by atoms with Crippen molar-refractivity contribution < 1.29 is 9.90 Å². The molecule has 0 spiro atoms. The summed E-state index contributed by atoms with van der Waals surface area (Å²) >= 11 is 5.55. The Labute approximate surface area is 114 Å². The molecule has 0 aliphatic rings. The normalized spacial score (nSPS) is 11.6. The van der Waals surface area contributed by atoms with Gasteiger partial charge in [-0.15, -0.1) is 11.6 Å². The van der Waals surface area contributed by atoms with Crippen LogP contribution in [0.5, 0.6) is 0 Å². The molecule has 4 heteroatoms. The van der Waals surface area contributed by atoms with Crippen LogP contribution in [0.1, 0.15) is 36.0 Å². The van der Waals surface area contributed by atoms with E-state index in [1.54, 1.807) is 24.3 Å². The molecule has 1 rings (SSSR count). The van der Waals surface area contributed by atoms with Gasteiger partial charge in [0.1, 0.15) is 6.10 Å². The van der Waals surface area contributed by atoms with Crippen LogP contribution in [0.4, 0.5) is 0 Å². The largest absolute Gasteiger partial charge is 0.385 e. The molecule has 0 aliphatic carbocycles. The van der Waals surface area contributed by atoms with Crippen LogP contribution in [-0.4, -0.2) is 22.9 Å². The summed E-state index contributed by atoms with van der Waals surface area (Å²) in [4.78, 5) is 11.7. The van der Waals surface area contributed by atoms with E-state index < -0.39 is 6.10 Å². The van der Waals surface area contributed by atoms with Gasteiger partial charge in [-0.3, -0.25) is 4.79 Å². The van der Waals surface area contributed by atoms with E-state index in [9.17, 15) is 9.90 Å². The molecule has 1 aromatic rings. The van der Waals surface area contributed by atoms with Crippen LogP contribution < -0.4 is 0 Å². The minimum absolute atomic E-state index is 0. The van der Waals surface area contributed by atoms with Crippen LogP contribution in [-0.2, 0) is 0 Å². The third-order valence-electron chi connectivity index (χ3n) is 2.47. The zero-order valence-electron chi connectivity index (χ0n) is 9.73. The molecule has 0 saturated heterocycles. The number of alkyl halides is 1. The van der Waals surface area contributed by atoms with Crippen molar-refractivity contribution in [3.63, 3.8) is 0 Å². The number of benzene rings is 1. The van der Waals surface area contributed by atoms with Gasteiger partial charge >= 0.3 is 0 Å². The maximum atomic E-state index is 11.7. The molecule has 0 amide bonds. The zero-order valence-corrected chi connectivity index (χ0v) is 11.5. The molecule has 1 N–H and O–H groups in total. The highest BCUT2D eigenvalue weighted by Gasteiger charge is 2.15. The van der Waals surface area contributed by atoms with Crippen molar-refractivity contribution in [2.75, 3.05) is 5.88 Å². The summed E-state index contributed by atoms with van der Waals surface area (Å²) in [5.74, 6) is 0.453. The van der Waals surface area contributed by atoms with Gasteiger partial charge in [-0.05, 0) is 12.8 Å². The standard InChI is InChI=1S/C13H17ClO2.H2S/c14-10-6-2-5-9-12(15)13(16)11-7-3-1-4-8-11;/h1,3-4,7-8,12,15H,2,5-6,9-10H2;1H2. The number of ketones is 1. The van der Waals surface area contributed by atoms with Gasteiger partial charge in [-0.25, -0.2) is 0 Å². The fourth-order valence-corrected chi connectivity index (χ4v) is 1.72. The maximum absolute atomic E-state index is 11.7. The third kappa shape index (κ3) is 6.10. The summed E-state index contributed by atoms with van der Waals surface area (Å²) in [5, 5.41) is 9.69. The molecule has 2 nitrogen and oxygen atoms in total. The molecule has 0 aromatic heterocycles. The highest BCUT2D eigenvalue weighted by Crippen LogP contribution is 2.10. The van der Waals surface area contributed by atoms with Crippen molar-refractivity contribution in [3.05, 3.63) is 35.9 Å². The summed E-state index contributed by atoms with van der Waals surface area (Å²) in [6.07, 6.45) is 2.38. The lowest BCUT2D eigenvalue weighted by Gasteiger charge is -2.08. The van der Waals surface area contributed by atoms with Crippen LogP contribution >= 0.6 is 25.1 Å². The van der Waals surface area contributed by atoms with E-state index in [0.29, 0.717) is 17.9 Å². The molecule has 0 saturated carbocycles. The van der Waals surface area contributed by atoms with Crippen LogP contribution in [0.15, 0.2) is 30.3 Å². The van der Waals surface area contributed by atoms with Crippen molar-refractivity contribution in [2.24, 2.45) is 0 Å². The Balaban J connectivity index is 0.00000256. The second-order valence-electron chi connectivity index (χ2n) is 3.78. The van der Waals surface area contributed by atoms with E-state index in [0.717, 1.165) is 19.3 Å². The summed E-state index contributed by atoms with van der Waals surface area (Å²) in [5.41, 5.74) is 0.576. The number of hydrogen-bond acceptors (Lipinski definition) is 2. The first-order valence-electron chi connectivity index (χ1n) is 5.59. The molecule has 0 fully saturated rings. The van der Waals surface area contributed by atoms with Gasteiger partial charge in [0, 0.05) is 11.4 Å². The predicted octanol–water partition coefficient (Wildman–Crippen LogP) is 3.14. The van der Waals surface area contributed by atoms with Gasteiger partial charge in [0.05, 0.1) is 0 Å². The SMILES string of the molecule is O=C(c1ccccc1)C(O)CCCCCCl.S. The topological polar surface area (TPSA) is 37.3 Å². The smallest absolute Gasteiger partial charge is 0.191 e. The molecule has 0 radical (unpaired) electrons.